The van der Waals surface area contributed by atoms with Crippen molar-refractivity contribution >= 4 is 37.1 Å². The Kier molecular flexibility index (Phi) is 7.70. The van der Waals surface area contributed by atoms with E-state index < -0.39 is 37.1 Å². The molecule has 0 heterocycles. The Morgan fingerprint density at radius 3 is 1.27 bits per heavy atom. The Hall–Kier alpha value is -3.66. The number of hydrogen-bond acceptors (Lipinski definition) is 6. The molecule has 4 rings (SSSR count). The third kappa shape index (κ3) is 6.20. The number of para-hydroxylation sites is 4. The van der Waals surface area contributed by atoms with E-state index in [0.717, 1.165) is 0 Å². The molecule has 0 fully saturated rings. The summed E-state index contributed by atoms with van der Waals surface area (Å²) in [5, 5.41) is 0. The van der Waals surface area contributed by atoms with Crippen molar-refractivity contribution in [2.45, 2.75) is 0 Å². The van der Waals surface area contributed by atoms with Crippen molar-refractivity contribution in [1.29, 1.82) is 0 Å². The number of carbonyl (C=O) groups excluding carboxylic acids is 2. The van der Waals surface area contributed by atoms with Crippen LogP contribution in [0, 0.1) is 0 Å². The maximum absolute atomic E-state index is 12.6. The van der Waals surface area contributed by atoms with E-state index in [9.17, 15) is 9.59 Å². The van der Waals surface area contributed by atoms with Gasteiger partial charge in [-0.15, -0.1) is 0 Å². The minimum absolute atomic E-state index is 0.262. The van der Waals surface area contributed by atoms with Gasteiger partial charge in [0.25, 0.3) is 0 Å². The summed E-state index contributed by atoms with van der Waals surface area (Å²) >= 11 is -2.51. The van der Waals surface area contributed by atoms with Crippen LogP contribution in [0.4, 0.5) is 0 Å². The predicted molar refractivity (Wildman–Crippen MR) is 123 cm³/mol. The monoisotopic (exact) mass is 634 g/mol. The fourth-order valence-corrected chi connectivity index (χ4v) is 4.49. The van der Waals surface area contributed by atoms with E-state index in [1.807, 2.05) is 36.4 Å². The van der Waals surface area contributed by atoms with Crippen LogP contribution >= 0.6 is 0 Å². The van der Waals surface area contributed by atoms with E-state index in [1.165, 1.54) is 0 Å². The molecule has 0 aliphatic heterocycles. The quantitative estimate of drug-likeness (QED) is 0.228. The summed E-state index contributed by atoms with van der Waals surface area (Å²) < 4.78 is 22.3. The van der Waals surface area contributed by atoms with E-state index in [4.69, 9.17) is 14.8 Å². The number of benzene rings is 4. The van der Waals surface area contributed by atoms with Crippen LogP contribution in [0.2, 0.25) is 0 Å². The molecule has 2 radical (unpaired) electrons. The van der Waals surface area contributed by atoms with Crippen LogP contribution in [-0.4, -0.2) is 37.1 Å². The SMILES string of the molecule is O=C([O][Pb][O]C(=O)c1ccccc1Oc1ccccc1)c1ccccc1Oc1ccccc1. The maximum atomic E-state index is 12.6. The summed E-state index contributed by atoms with van der Waals surface area (Å²) in [7, 11) is 0. The van der Waals surface area contributed by atoms with E-state index in [2.05, 4.69) is 0 Å². The van der Waals surface area contributed by atoms with Gasteiger partial charge in [-0.1, -0.05) is 0 Å². The molecule has 0 saturated heterocycles. The molecule has 0 N–H and O–H groups in total. The number of hydrogen-bond donors (Lipinski definition) is 0. The van der Waals surface area contributed by atoms with E-state index in [0.29, 0.717) is 23.0 Å². The van der Waals surface area contributed by atoms with Gasteiger partial charge in [0.1, 0.15) is 0 Å². The summed E-state index contributed by atoms with van der Waals surface area (Å²) in [6.45, 7) is 0. The van der Waals surface area contributed by atoms with Gasteiger partial charge in [0.15, 0.2) is 0 Å². The topological polar surface area (TPSA) is 71.1 Å². The number of ether oxygens (including phenoxy) is 2. The van der Waals surface area contributed by atoms with Crippen molar-refractivity contribution in [1.82, 2.24) is 0 Å². The van der Waals surface area contributed by atoms with Gasteiger partial charge in [-0.25, -0.2) is 0 Å². The van der Waals surface area contributed by atoms with E-state index in [-0.39, 0.29) is 11.1 Å². The molecule has 4 aromatic rings. The second-order valence-corrected chi connectivity index (χ2v) is 8.92. The molecule has 0 aliphatic carbocycles. The molecule has 0 aromatic heterocycles. The normalized spacial score (nSPS) is 10.2. The molecule has 33 heavy (non-hydrogen) atoms. The zero-order valence-electron chi connectivity index (χ0n) is 17.3. The molecule has 7 heteroatoms. The number of rotatable bonds is 8. The fraction of sp³-hybridized carbons (Fsp3) is 0. The van der Waals surface area contributed by atoms with Crippen LogP contribution in [0.15, 0.2) is 109 Å². The summed E-state index contributed by atoms with van der Waals surface area (Å²) in [5.74, 6) is 0.746. The molecule has 0 aliphatic rings. The van der Waals surface area contributed by atoms with Crippen molar-refractivity contribution in [3.05, 3.63) is 120 Å². The summed E-state index contributed by atoms with van der Waals surface area (Å²) in [6, 6.07) is 31.8. The van der Waals surface area contributed by atoms with Gasteiger partial charge in [-0.3, -0.25) is 0 Å². The molecule has 4 aromatic carbocycles. The van der Waals surface area contributed by atoms with Crippen molar-refractivity contribution in [3.8, 4) is 23.0 Å². The van der Waals surface area contributed by atoms with Gasteiger partial charge in [0.2, 0.25) is 0 Å². The molecule has 0 amide bonds. The third-order valence-electron chi connectivity index (χ3n) is 4.42. The molecule has 6 nitrogen and oxygen atoms in total. The molecular weight excluding hydrogens is 615 g/mol. The molecular formula is C26H18O6Pb. The Morgan fingerprint density at radius 2 is 0.848 bits per heavy atom. The average Bonchev–Trinajstić information content (AvgIpc) is 2.86. The first-order valence-corrected chi connectivity index (χ1v) is 13.2. The van der Waals surface area contributed by atoms with Gasteiger partial charge < -0.3 is 0 Å². The molecule has 0 unspecified atom stereocenters. The van der Waals surface area contributed by atoms with Crippen LogP contribution in [0.1, 0.15) is 20.7 Å². The Morgan fingerprint density at radius 1 is 0.485 bits per heavy atom. The van der Waals surface area contributed by atoms with E-state index >= 15 is 0 Å². The Balaban J connectivity index is 1.38. The molecule has 162 valence electrons. The third-order valence-corrected chi connectivity index (χ3v) is 6.51. The zero-order valence-corrected chi connectivity index (χ0v) is 21.2. The fourth-order valence-electron chi connectivity index (χ4n) is 2.89. The van der Waals surface area contributed by atoms with Crippen LogP contribution in [0.25, 0.3) is 0 Å². The second kappa shape index (κ2) is 11.3. The van der Waals surface area contributed by atoms with Gasteiger partial charge in [0.05, 0.1) is 0 Å². The standard InChI is InChI=1S/2C13H10O3.Pb/c2*14-13(15)11-8-4-5-9-12(11)16-10-6-2-1-3-7-10;/h2*1-9H,(H,14,15);/q;;+2/p-2. The van der Waals surface area contributed by atoms with Gasteiger partial charge in [0, 0.05) is 0 Å². The van der Waals surface area contributed by atoms with Gasteiger partial charge in [-0.05, 0) is 0 Å². The van der Waals surface area contributed by atoms with Crippen LogP contribution in [0.5, 0.6) is 23.0 Å². The molecule has 0 spiro atoms. The van der Waals surface area contributed by atoms with Crippen molar-refractivity contribution in [3.63, 3.8) is 0 Å². The molecule has 0 atom stereocenters. The number of carbonyl (C=O) groups is 2. The minimum atomic E-state index is -2.51. The van der Waals surface area contributed by atoms with Gasteiger partial charge >= 0.3 is 205 Å². The van der Waals surface area contributed by atoms with Crippen molar-refractivity contribution in [2.75, 3.05) is 0 Å². The second-order valence-electron chi connectivity index (χ2n) is 6.68. The first-order valence-electron chi connectivity index (χ1n) is 10.0. The van der Waals surface area contributed by atoms with E-state index in [1.54, 1.807) is 72.8 Å². The van der Waals surface area contributed by atoms with Crippen LogP contribution in [0.3, 0.4) is 0 Å². The molecule has 0 saturated carbocycles. The average molecular weight is 634 g/mol. The molecule has 0 bridgehead atoms. The Labute approximate surface area is 204 Å². The van der Waals surface area contributed by atoms with Crippen LogP contribution in [-0.2, 0) is 5.37 Å². The summed E-state index contributed by atoms with van der Waals surface area (Å²) in [5.41, 5.74) is 0.524. The van der Waals surface area contributed by atoms with Crippen LogP contribution < -0.4 is 9.47 Å². The predicted octanol–water partition coefficient (Wildman–Crippen LogP) is 5.82. The summed E-state index contributed by atoms with van der Waals surface area (Å²) in [6.07, 6.45) is 0. The van der Waals surface area contributed by atoms with Gasteiger partial charge in [-0.2, -0.15) is 0 Å². The first-order chi connectivity index (χ1) is 16.2. The first kappa shape index (κ1) is 22.5. The summed E-state index contributed by atoms with van der Waals surface area (Å²) in [4.78, 5) is 25.2. The zero-order chi connectivity index (χ0) is 22.9. The van der Waals surface area contributed by atoms with Crippen molar-refractivity contribution in [2.24, 2.45) is 0 Å². The van der Waals surface area contributed by atoms with Crippen molar-refractivity contribution < 1.29 is 24.4 Å². The Bertz CT molecular complexity index is 1130.